The van der Waals surface area contributed by atoms with Crippen LogP contribution in [0.1, 0.15) is 18.9 Å². The predicted octanol–water partition coefficient (Wildman–Crippen LogP) is 3.76. The molecule has 3 rings (SSSR count). The Morgan fingerprint density at radius 2 is 2.14 bits per heavy atom. The molecule has 0 radical (unpaired) electrons. The van der Waals surface area contributed by atoms with E-state index < -0.39 is 0 Å². The van der Waals surface area contributed by atoms with Crippen molar-refractivity contribution in [1.29, 1.82) is 0 Å². The third kappa shape index (κ3) is 4.82. The van der Waals surface area contributed by atoms with Gasteiger partial charge in [0.2, 0.25) is 0 Å². The molecule has 2 aliphatic rings. The Kier molecular flexibility index (Phi) is 6.88. The first-order chi connectivity index (χ1) is 13.6. The Hall–Kier alpha value is -2.59. The molecule has 2 aliphatic heterocycles. The molecule has 1 atom stereocenters. The minimum atomic E-state index is 0.366. The lowest BCUT2D eigenvalue weighted by Gasteiger charge is -2.31. The van der Waals surface area contributed by atoms with Crippen molar-refractivity contribution in [3.63, 3.8) is 0 Å². The average Bonchev–Trinajstić information content (AvgIpc) is 2.69. The molecule has 5 heteroatoms. The number of halogens is 1. The quantitative estimate of drug-likeness (QED) is 0.566. The van der Waals surface area contributed by atoms with Crippen LogP contribution in [0.2, 0.25) is 5.02 Å². The Labute approximate surface area is 172 Å². The lowest BCUT2D eigenvalue weighted by Crippen LogP contribution is -2.34. The summed E-state index contributed by atoms with van der Waals surface area (Å²) in [7, 11) is 0. The van der Waals surface area contributed by atoms with Gasteiger partial charge in [-0.25, -0.2) is 0 Å². The van der Waals surface area contributed by atoms with Crippen molar-refractivity contribution >= 4 is 11.6 Å². The Balaban J connectivity index is 1.79. The molecule has 148 valence electrons. The van der Waals surface area contributed by atoms with Crippen LogP contribution in [0.25, 0.3) is 0 Å². The third-order valence-electron chi connectivity index (χ3n) is 5.18. The summed E-state index contributed by atoms with van der Waals surface area (Å²) in [6.45, 7) is 8.71. The lowest BCUT2D eigenvalue weighted by molar-refractivity contribution is 0.522. The number of hydrogen-bond acceptors (Lipinski definition) is 4. The number of benzene rings is 1. The summed E-state index contributed by atoms with van der Waals surface area (Å²) in [4.78, 5) is 0. The maximum absolute atomic E-state index is 6.42. The normalized spacial score (nSPS) is 19.8. The van der Waals surface area contributed by atoms with Crippen LogP contribution in [-0.4, -0.2) is 19.6 Å². The van der Waals surface area contributed by atoms with E-state index in [0.717, 1.165) is 48.9 Å². The van der Waals surface area contributed by atoms with Gasteiger partial charge in [0.1, 0.15) is 5.82 Å². The maximum Gasteiger partial charge on any atom is 0.120 e. The highest BCUT2D eigenvalue weighted by molar-refractivity contribution is 6.31. The first-order valence-corrected chi connectivity index (χ1v) is 10.1. The topological polar surface area (TPSA) is 62.1 Å². The standard InChI is InChI=1S/C23H29ClN4/c1-3-7-19-16(2)28-15-18(14-17-8-4-5-9-21(17)24)20(19)11-13-26-22-10-6-12-27-23(22)25/h3-10,18,26-28H,2,11-15,25H2,1H3/b7-3-. The molecule has 2 heterocycles. The second-order valence-electron chi connectivity index (χ2n) is 7.08. The van der Waals surface area contributed by atoms with Gasteiger partial charge in [-0.1, -0.05) is 60.2 Å². The molecule has 0 aliphatic carbocycles. The zero-order valence-corrected chi connectivity index (χ0v) is 17.2. The summed E-state index contributed by atoms with van der Waals surface area (Å²) in [5.74, 6) is 1.07. The highest BCUT2D eigenvalue weighted by Gasteiger charge is 2.24. The van der Waals surface area contributed by atoms with Gasteiger partial charge >= 0.3 is 0 Å². The molecule has 0 bridgehead atoms. The van der Waals surface area contributed by atoms with E-state index in [-0.39, 0.29) is 0 Å². The summed E-state index contributed by atoms with van der Waals surface area (Å²) in [5.41, 5.74) is 11.8. The molecule has 1 aromatic rings. The number of hydrogen-bond donors (Lipinski definition) is 4. The van der Waals surface area contributed by atoms with Crippen LogP contribution in [0.15, 0.2) is 83.5 Å². The average molecular weight is 397 g/mol. The predicted molar refractivity (Wildman–Crippen MR) is 119 cm³/mol. The molecule has 1 unspecified atom stereocenters. The molecule has 0 aromatic heterocycles. The van der Waals surface area contributed by atoms with Crippen molar-refractivity contribution in [3.05, 3.63) is 94.1 Å². The van der Waals surface area contributed by atoms with Gasteiger partial charge in [0, 0.05) is 36.3 Å². The fourth-order valence-corrected chi connectivity index (χ4v) is 3.95. The Morgan fingerprint density at radius 3 is 2.89 bits per heavy atom. The molecule has 0 saturated heterocycles. The number of allylic oxidation sites excluding steroid dienone is 3. The van der Waals surface area contributed by atoms with Crippen molar-refractivity contribution in [1.82, 2.24) is 16.0 Å². The molecule has 0 spiro atoms. The highest BCUT2D eigenvalue weighted by Crippen LogP contribution is 2.31. The molecule has 4 nitrogen and oxygen atoms in total. The van der Waals surface area contributed by atoms with Gasteiger partial charge in [0.25, 0.3) is 0 Å². The van der Waals surface area contributed by atoms with Crippen LogP contribution < -0.4 is 21.7 Å². The summed E-state index contributed by atoms with van der Waals surface area (Å²) in [5, 5.41) is 10.9. The van der Waals surface area contributed by atoms with E-state index in [4.69, 9.17) is 17.3 Å². The fourth-order valence-electron chi connectivity index (χ4n) is 3.73. The Bertz CT molecular complexity index is 848. The Morgan fingerprint density at radius 1 is 1.32 bits per heavy atom. The minimum Gasteiger partial charge on any atom is -0.384 e. The van der Waals surface area contributed by atoms with E-state index in [1.165, 1.54) is 16.7 Å². The molecule has 0 fully saturated rings. The number of dihydropyridines is 1. The monoisotopic (exact) mass is 396 g/mol. The zero-order valence-electron chi connectivity index (χ0n) is 16.4. The van der Waals surface area contributed by atoms with Gasteiger partial charge in [-0.15, -0.1) is 0 Å². The van der Waals surface area contributed by atoms with Gasteiger partial charge < -0.3 is 21.7 Å². The van der Waals surface area contributed by atoms with E-state index in [0.29, 0.717) is 11.7 Å². The van der Waals surface area contributed by atoms with Gasteiger partial charge in [-0.3, -0.25) is 0 Å². The van der Waals surface area contributed by atoms with Crippen LogP contribution in [0.4, 0.5) is 0 Å². The molecule has 0 saturated carbocycles. The number of nitrogens with two attached hydrogens (primary N) is 1. The van der Waals surface area contributed by atoms with Gasteiger partial charge in [-0.2, -0.15) is 0 Å². The first kappa shape index (κ1) is 20.2. The molecule has 5 N–H and O–H groups in total. The molecule has 0 amide bonds. The van der Waals surface area contributed by atoms with E-state index in [1.54, 1.807) is 0 Å². The van der Waals surface area contributed by atoms with Crippen LogP contribution >= 0.6 is 11.6 Å². The molecular weight excluding hydrogens is 368 g/mol. The number of rotatable bonds is 7. The van der Waals surface area contributed by atoms with Crippen LogP contribution in [-0.2, 0) is 6.42 Å². The van der Waals surface area contributed by atoms with Gasteiger partial charge in [0.05, 0.1) is 5.70 Å². The van der Waals surface area contributed by atoms with Crippen molar-refractivity contribution in [2.75, 3.05) is 19.6 Å². The van der Waals surface area contributed by atoms with Crippen LogP contribution in [0.5, 0.6) is 0 Å². The van der Waals surface area contributed by atoms with Crippen molar-refractivity contribution in [2.45, 2.75) is 19.8 Å². The smallest absolute Gasteiger partial charge is 0.120 e. The second kappa shape index (κ2) is 9.56. The molecule has 1 aromatic carbocycles. The van der Waals surface area contributed by atoms with Gasteiger partial charge in [0.15, 0.2) is 0 Å². The van der Waals surface area contributed by atoms with E-state index in [1.807, 2.05) is 31.2 Å². The SMILES string of the molecule is C=C1NCC(Cc2ccccc2Cl)C(CCNC2=C(N)NCC=C2)=C1/C=C\C. The van der Waals surface area contributed by atoms with Crippen molar-refractivity contribution in [2.24, 2.45) is 11.7 Å². The molecular formula is C23H29ClN4. The fraction of sp³-hybridized carbons (Fsp3) is 0.304. The first-order valence-electron chi connectivity index (χ1n) is 9.76. The summed E-state index contributed by atoms with van der Waals surface area (Å²) < 4.78 is 0. The van der Waals surface area contributed by atoms with E-state index in [9.17, 15) is 0 Å². The summed E-state index contributed by atoms with van der Waals surface area (Å²) in [6, 6.07) is 8.09. The second-order valence-corrected chi connectivity index (χ2v) is 7.49. The van der Waals surface area contributed by atoms with Crippen molar-refractivity contribution < 1.29 is 0 Å². The summed E-state index contributed by atoms with van der Waals surface area (Å²) >= 11 is 6.42. The third-order valence-corrected chi connectivity index (χ3v) is 5.55. The minimum absolute atomic E-state index is 0.366. The van der Waals surface area contributed by atoms with Crippen LogP contribution in [0, 0.1) is 5.92 Å². The summed E-state index contributed by atoms with van der Waals surface area (Å²) in [6.07, 6.45) is 10.1. The molecule has 28 heavy (non-hydrogen) atoms. The highest BCUT2D eigenvalue weighted by atomic mass is 35.5. The largest absolute Gasteiger partial charge is 0.384 e. The van der Waals surface area contributed by atoms with Crippen LogP contribution in [0.3, 0.4) is 0 Å². The van der Waals surface area contributed by atoms with Crippen molar-refractivity contribution in [3.8, 4) is 0 Å². The zero-order chi connectivity index (χ0) is 19.9. The maximum atomic E-state index is 6.42. The van der Waals surface area contributed by atoms with Gasteiger partial charge in [-0.05, 0) is 43.0 Å². The lowest BCUT2D eigenvalue weighted by atomic mass is 9.83. The van der Waals surface area contributed by atoms with E-state index >= 15 is 0 Å². The number of nitrogens with one attached hydrogen (secondary N) is 3. The van der Waals surface area contributed by atoms with E-state index in [2.05, 4.69) is 46.8 Å².